The van der Waals surface area contributed by atoms with Crippen LogP contribution in [-0.4, -0.2) is 77.7 Å². The highest BCUT2D eigenvalue weighted by atomic mass is 32.2. The molecule has 0 radical (unpaired) electrons. The molecule has 0 amide bonds. The summed E-state index contributed by atoms with van der Waals surface area (Å²) >= 11 is 1.43. The molecule has 2 aromatic rings. The summed E-state index contributed by atoms with van der Waals surface area (Å²) in [4.78, 5) is 19.5. The Labute approximate surface area is 178 Å². The largest absolute Gasteiger partial charge is 0.480 e. The minimum Gasteiger partial charge on any atom is -0.480 e. The van der Waals surface area contributed by atoms with E-state index in [1.165, 1.54) is 22.7 Å². The van der Waals surface area contributed by atoms with E-state index in [0.29, 0.717) is 34.8 Å². The molecule has 11 heteroatoms. The third-order valence-corrected chi connectivity index (χ3v) is 5.97. The number of anilines is 1. The second-order valence-corrected chi connectivity index (χ2v) is 9.65. The van der Waals surface area contributed by atoms with Crippen molar-refractivity contribution in [3.05, 3.63) is 18.6 Å². The normalized spacial score (nSPS) is 25.5. The van der Waals surface area contributed by atoms with Gasteiger partial charge in [-0.15, -0.1) is 0 Å². The highest BCUT2D eigenvalue weighted by molar-refractivity contribution is 7.99. The minimum absolute atomic E-state index is 0.0934. The Balaban J connectivity index is 1.72. The third kappa shape index (κ3) is 4.70. The summed E-state index contributed by atoms with van der Waals surface area (Å²) < 4.78 is 7.19. The number of nitrogens with zero attached hydrogens (tertiary/aromatic N) is 3. The molecular formula is C19H29N5O5S. The van der Waals surface area contributed by atoms with Gasteiger partial charge in [0.1, 0.15) is 17.7 Å². The lowest BCUT2D eigenvalue weighted by atomic mass is 10.1. The fraction of sp³-hybridized carbons (Fsp3) is 0.632. The fourth-order valence-corrected chi connectivity index (χ4v) is 4.38. The first-order valence-electron chi connectivity index (χ1n) is 9.72. The average molecular weight is 440 g/mol. The summed E-state index contributed by atoms with van der Waals surface area (Å²) in [5.41, 5.74) is 4.83. The van der Waals surface area contributed by atoms with Crippen LogP contribution in [0.2, 0.25) is 0 Å². The molecule has 2 aromatic heterocycles. The SMILES string of the molecule is CC(C)(C)Nc1nccc2c1ncn2C1(O)COC(CSCCC(N)C(=O)O)C1O. The number of carboxylic acids is 1. The lowest BCUT2D eigenvalue weighted by molar-refractivity contribution is -0.138. The van der Waals surface area contributed by atoms with Gasteiger partial charge in [0.05, 0.1) is 24.6 Å². The van der Waals surface area contributed by atoms with Crippen molar-refractivity contribution in [2.24, 2.45) is 5.73 Å². The van der Waals surface area contributed by atoms with Crippen molar-refractivity contribution < 1.29 is 24.9 Å². The van der Waals surface area contributed by atoms with Gasteiger partial charge in [-0.3, -0.25) is 9.36 Å². The number of imidazole rings is 1. The van der Waals surface area contributed by atoms with Gasteiger partial charge < -0.3 is 31.1 Å². The summed E-state index contributed by atoms with van der Waals surface area (Å²) in [7, 11) is 0. The third-order valence-electron chi connectivity index (χ3n) is 4.88. The van der Waals surface area contributed by atoms with Crippen molar-refractivity contribution in [3.8, 4) is 0 Å². The van der Waals surface area contributed by atoms with Crippen molar-refractivity contribution in [1.29, 1.82) is 0 Å². The van der Waals surface area contributed by atoms with E-state index in [1.807, 2.05) is 20.8 Å². The van der Waals surface area contributed by atoms with Crippen LogP contribution in [0.5, 0.6) is 0 Å². The second-order valence-electron chi connectivity index (χ2n) is 8.50. The van der Waals surface area contributed by atoms with E-state index < -0.39 is 29.9 Å². The molecule has 0 saturated carbocycles. The number of rotatable bonds is 8. The lowest BCUT2D eigenvalue weighted by Gasteiger charge is -2.28. The van der Waals surface area contributed by atoms with Gasteiger partial charge in [0.2, 0.25) is 0 Å². The Morgan fingerprint density at radius 2 is 2.23 bits per heavy atom. The smallest absolute Gasteiger partial charge is 0.320 e. The molecule has 30 heavy (non-hydrogen) atoms. The zero-order chi connectivity index (χ0) is 22.1. The minimum atomic E-state index is -1.67. The maximum absolute atomic E-state index is 11.2. The number of thioether (sulfide) groups is 1. The van der Waals surface area contributed by atoms with Crippen LogP contribution in [0.4, 0.5) is 5.82 Å². The van der Waals surface area contributed by atoms with E-state index in [1.54, 1.807) is 12.3 Å². The number of carbonyl (C=O) groups is 1. The highest BCUT2D eigenvalue weighted by Crippen LogP contribution is 2.35. The molecule has 10 nitrogen and oxygen atoms in total. The number of nitrogens with one attached hydrogen (secondary N) is 1. The predicted molar refractivity (Wildman–Crippen MR) is 114 cm³/mol. The van der Waals surface area contributed by atoms with Crippen molar-refractivity contribution in [1.82, 2.24) is 14.5 Å². The molecule has 1 aliphatic rings. The van der Waals surface area contributed by atoms with Crippen LogP contribution >= 0.6 is 11.8 Å². The topological polar surface area (TPSA) is 156 Å². The van der Waals surface area contributed by atoms with Crippen LogP contribution < -0.4 is 11.1 Å². The molecule has 0 aliphatic carbocycles. The molecule has 166 valence electrons. The van der Waals surface area contributed by atoms with Crippen LogP contribution in [0.25, 0.3) is 11.0 Å². The van der Waals surface area contributed by atoms with Crippen LogP contribution in [0.3, 0.4) is 0 Å². The number of pyridine rings is 1. The van der Waals surface area contributed by atoms with Gasteiger partial charge >= 0.3 is 5.97 Å². The Morgan fingerprint density at radius 1 is 1.50 bits per heavy atom. The summed E-state index contributed by atoms with van der Waals surface area (Å²) in [6, 6.07) is 0.821. The lowest BCUT2D eigenvalue weighted by Crippen LogP contribution is -2.46. The van der Waals surface area contributed by atoms with E-state index in [0.717, 1.165) is 0 Å². The van der Waals surface area contributed by atoms with Crippen LogP contribution in [0.1, 0.15) is 27.2 Å². The van der Waals surface area contributed by atoms with E-state index in [4.69, 9.17) is 15.6 Å². The maximum atomic E-state index is 11.2. The molecular weight excluding hydrogens is 410 g/mol. The number of hydrogen-bond acceptors (Lipinski definition) is 9. The van der Waals surface area contributed by atoms with Gasteiger partial charge in [-0.2, -0.15) is 11.8 Å². The fourth-order valence-electron chi connectivity index (χ4n) is 3.29. The van der Waals surface area contributed by atoms with Crippen molar-refractivity contribution in [2.45, 2.75) is 56.7 Å². The van der Waals surface area contributed by atoms with Crippen molar-refractivity contribution in [2.75, 3.05) is 23.4 Å². The summed E-state index contributed by atoms with van der Waals surface area (Å²) in [5.74, 6) is 0.474. The molecule has 3 heterocycles. The zero-order valence-electron chi connectivity index (χ0n) is 17.3. The second kappa shape index (κ2) is 8.67. The molecule has 4 atom stereocenters. The van der Waals surface area contributed by atoms with E-state index >= 15 is 0 Å². The molecule has 1 aliphatic heterocycles. The van der Waals surface area contributed by atoms with Gasteiger partial charge in [0, 0.05) is 17.5 Å². The highest BCUT2D eigenvalue weighted by Gasteiger charge is 2.50. The van der Waals surface area contributed by atoms with Gasteiger partial charge in [0.25, 0.3) is 0 Å². The first-order chi connectivity index (χ1) is 14.0. The average Bonchev–Trinajstić information content (AvgIpc) is 3.21. The molecule has 0 aromatic carbocycles. The van der Waals surface area contributed by atoms with E-state index in [2.05, 4.69) is 15.3 Å². The summed E-state index contributed by atoms with van der Waals surface area (Å²) in [5, 5.41) is 34.2. The van der Waals surface area contributed by atoms with Crippen LogP contribution in [0, 0.1) is 0 Å². The molecule has 0 bridgehead atoms. The Bertz CT molecular complexity index is 901. The number of carboxylic acid groups (broad SMARTS) is 1. The summed E-state index contributed by atoms with van der Waals surface area (Å²) in [6.45, 7) is 5.94. The summed E-state index contributed by atoms with van der Waals surface area (Å²) in [6.07, 6.45) is 1.64. The number of aliphatic carboxylic acids is 1. The van der Waals surface area contributed by atoms with Gasteiger partial charge in [0.15, 0.2) is 11.5 Å². The molecule has 1 saturated heterocycles. The molecule has 0 spiro atoms. The quantitative estimate of drug-likeness (QED) is 0.369. The van der Waals surface area contributed by atoms with Gasteiger partial charge in [-0.25, -0.2) is 9.97 Å². The number of ether oxygens (including phenoxy) is 1. The monoisotopic (exact) mass is 439 g/mol. The standard InChI is InChI=1S/C19H29N5O5S/c1-18(2,3)23-16-14-12(4-6-21-16)24(10-22-14)19(28)9-29-13(15(19)25)8-30-7-5-11(20)17(26)27/h4,6,10-11,13,15,25,28H,5,7-9,20H2,1-3H3,(H,21,23)(H,26,27). The molecule has 1 fully saturated rings. The number of aliphatic hydroxyl groups is 2. The first kappa shape index (κ1) is 22.8. The van der Waals surface area contributed by atoms with Crippen molar-refractivity contribution in [3.63, 3.8) is 0 Å². The van der Waals surface area contributed by atoms with Crippen LogP contribution in [-0.2, 0) is 15.3 Å². The van der Waals surface area contributed by atoms with E-state index in [-0.39, 0.29) is 12.1 Å². The Kier molecular flexibility index (Phi) is 6.58. The van der Waals surface area contributed by atoms with E-state index in [9.17, 15) is 15.0 Å². The molecule has 4 unspecified atom stereocenters. The number of aliphatic hydroxyl groups excluding tert-OH is 1. The molecule has 3 rings (SSSR count). The number of aromatic nitrogens is 3. The first-order valence-corrected chi connectivity index (χ1v) is 10.9. The maximum Gasteiger partial charge on any atom is 0.320 e. The Morgan fingerprint density at radius 3 is 2.90 bits per heavy atom. The predicted octanol–water partition coefficient (Wildman–Crippen LogP) is 0.582. The number of hydrogen-bond donors (Lipinski definition) is 5. The Hall–Kier alpha value is -1.92. The zero-order valence-corrected chi connectivity index (χ0v) is 18.1. The number of nitrogens with two attached hydrogens (primary N) is 1. The molecule has 6 N–H and O–H groups in total. The van der Waals surface area contributed by atoms with Crippen molar-refractivity contribution >= 4 is 34.6 Å². The van der Waals surface area contributed by atoms with Gasteiger partial charge in [-0.05, 0) is 39.0 Å². The van der Waals surface area contributed by atoms with Crippen LogP contribution in [0.15, 0.2) is 18.6 Å². The number of fused-ring (bicyclic) bond motifs is 1. The van der Waals surface area contributed by atoms with Gasteiger partial charge in [-0.1, -0.05) is 0 Å².